The molecule has 6 nitrogen and oxygen atoms in total. The van der Waals surface area contributed by atoms with Crippen LogP contribution in [-0.2, 0) is 0 Å². The number of aryl methyl sites for hydroxylation is 1. The summed E-state index contributed by atoms with van der Waals surface area (Å²) in [6.45, 7) is 3.42. The van der Waals surface area contributed by atoms with Crippen LogP contribution in [0.25, 0.3) is 20.3 Å². The van der Waals surface area contributed by atoms with E-state index in [1.165, 1.54) is 22.7 Å². The fraction of sp³-hybridized carbons (Fsp3) is 0.190. The molecule has 1 N–H and O–H groups in total. The molecule has 4 heterocycles. The minimum absolute atomic E-state index is 0.0434. The number of nitrogens with zero attached hydrogens (tertiary/aromatic N) is 2. The standard InChI is InChI=1S/C21H16N2O4S2/c1-11-18(21(25)26)13-4-3-12(9-16(13)28-11)27-15-5-6-22-14-10-17(29-19(14)15)20(24)23-7-2-8-23/h3-6,9-10H,2,7-8H2,1H3,(H,25,26). The third-order valence-corrected chi connectivity index (χ3v) is 7.20. The summed E-state index contributed by atoms with van der Waals surface area (Å²) in [6.07, 6.45) is 2.72. The van der Waals surface area contributed by atoms with Gasteiger partial charge in [-0.1, -0.05) is 0 Å². The average molecular weight is 425 g/mol. The van der Waals surface area contributed by atoms with Gasteiger partial charge in [-0.15, -0.1) is 22.7 Å². The van der Waals surface area contributed by atoms with E-state index in [2.05, 4.69) is 4.98 Å². The van der Waals surface area contributed by atoms with E-state index >= 15 is 0 Å². The molecule has 146 valence electrons. The van der Waals surface area contributed by atoms with Crippen molar-refractivity contribution >= 4 is 54.9 Å². The Hall–Kier alpha value is -2.97. The molecule has 1 aliphatic rings. The van der Waals surface area contributed by atoms with Gasteiger partial charge in [0, 0.05) is 40.3 Å². The number of benzene rings is 1. The molecule has 5 rings (SSSR count). The zero-order valence-electron chi connectivity index (χ0n) is 15.5. The maximum absolute atomic E-state index is 12.5. The lowest BCUT2D eigenvalue weighted by atomic mass is 10.1. The van der Waals surface area contributed by atoms with Gasteiger partial charge < -0.3 is 14.7 Å². The molecule has 4 aromatic rings. The minimum Gasteiger partial charge on any atom is -0.478 e. The highest BCUT2D eigenvalue weighted by Gasteiger charge is 2.24. The summed E-state index contributed by atoms with van der Waals surface area (Å²) in [5.41, 5.74) is 1.08. The largest absolute Gasteiger partial charge is 0.478 e. The quantitative estimate of drug-likeness (QED) is 0.490. The van der Waals surface area contributed by atoms with E-state index in [-0.39, 0.29) is 5.91 Å². The van der Waals surface area contributed by atoms with Gasteiger partial charge >= 0.3 is 5.97 Å². The number of carbonyl (C=O) groups is 2. The lowest BCUT2D eigenvalue weighted by Crippen LogP contribution is -2.41. The number of amides is 1. The van der Waals surface area contributed by atoms with E-state index in [0.29, 0.717) is 27.3 Å². The summed E-state index contributed by atoms with van der Waals surface area (Å²) in [7, 11) is 0. The van der Waals surface area contributed by atoms with Crippen molar-refractivity contribution in [3.05, 3.63) is 51.8 Å². The van der Waals surface area contributed by atoms with Crippen LogP contribution < -0.4 is 4.74 Å². The van der Waals surface area contributed by atoms with Gasteiger partial charge in [0.25, 0.3) is 5.91 Å². The smallest absolute Gasteiger partial charge is 0.337 e. The number of aromatic nitrogens is 1. The first-order chi connectivity index (χ1) is 14.0. The van der Waals surface area contributed by atoms with Crippen LogP contribution in [0, 0.1) is 6.92 Å². The van der Waals surface area contributed by atoms with Gasteiger partial charge in [0.05, 0.1) is 20.7 Å². The number of ether oxygens (including phenoxy) is 1. The number of thiophene rings is 2. The monoisotopic (exact) mass is 424 g/mol. The summed E-state index contributed by atoms with van der Waals surface area (Å²) in [5, 5.41) is 10.1. The van der Waals surface area contributed by atoms with Crippen LogP contribution in [0.1, 0.15) is 31.3 Å². The molecule has 3 aromatic heterocycles. The van der Waals surface area contributed by atoms with Gasteiger partial charge in [-0.05, 0) is 37.6 Å². The predicted molar refractivity (Wildman–Crippen MR) is 114 cm³/mol. The summed E-state index contributed by atoms with van der Waals surface area (Å²) < 4.78 is 7.80. The third-order valence-electron chi connectivity index (χ3n) is 5.01. The summed E-state index contributed by atoms with van der Waals surface area (Å²) in [5.74, 6) is 0.374. The number of carboxylic acid groups (broad SMARTS) is 1. The topological polar surface area (TPSA) is 79.7 Å². The Bertz CT molecular complexity index is 1290. The molecule has 0 bridgehead atoms. The number of carboxylic acids is 1. The molecule has 0 aliphatic carbocycles. The van der Waals surface area contributed by atoms with Crippen molar-refractivity contribution in [2.45, 2.75) is 13.3 Å². The zero-order valence-corrected chi connectivity index (χ0v) is 17.1. The minimum atomic E-state index is -0.920. The number of carbonyl (C=O) groups excluding carboxylic acids is 1. The number of pyridine rings is 1. The fourth-order valence-electron chi connectivity index (χ4n) is 3.43. The fourth-order valence-corrected chi connectivity index (χ4v) is 5.55. The predicted octanol–water partition coefficient (Wildman–Crippen LogP) is 5.16. The third kappa shape index (κ3) is 3.04. The van der Waals surface area contributed by atoms with E-state index < -0.39 is 5.97 Å². The number of likely N-dealkylation sites (tertiary alicyclic amines) is 1. The molecule has 1 fully saturated rings. The highest BCUT2D eigenvalue weighted by atomic mass is 32.1. The first-order valence-corrected chi connectivity index (χ1v) is 10.8. The number of hydrogen-bond acceptors (Lipinski definition) is 6. The molecule has 0 radical (unpaired) electrons. The number of fused-ring (bicyclic) bond motifs is 2. The normalized spacial score (nSPS) is 13.6. The molecule has 1 aliphatic heterocycles. The lowest BCUT2D eigenvalue weighted by Gasteiger charge is -2.30. The lowest BCUT2D eigenvalue weighted by molar-refractivity contribution is 0.0655. The Morgan fingerprint density at radius 2 is 2.00 bits per heavy atom. The van der Waals surface area contributed by atoms with Crippen molar-refractivity contribution in [2.75, 3.05) is 13.1 Å². The van der Waals surface area contributed by atoms with Crippen LogP contribution in [0.2, 0.25) is 0 Å². The first kappa shape index (κ1) is 18.1. The molecule has 1 aromatic carbocycles. The van der Waals surface area contributed by atoms with Crippen molar-refractivity contribution in [1.82, 2.24) is 9.88 Å². The average Bonchev–Trinajstić information content (AvgIpc) is 3.20. The number of rotatable bonds is 4. The van der Waals surface area contributed by atoms with E-state index in [9.17, 15) is 14.7 Å². The highest BCUT2D eigenvalue weighted by molar-refractivity contribution is 7.21. The highest BCUT2D eigenvalue weighted by Crippen LogP contribution is 2.38. The van der Waals surface area contributed by atoms with E-state index in [1.807, 2.05) is 24.0 Å². The maximum atomic E-state index is 12.5. The molecule has 1 amide bonds. The van der Waals surface area contributed by atoms with Crippen molar-refractivity contribution in [1.29, 1.82) is 0 Å². The SMILES string of the molecule is Cc1sc2cc(Oc3ccnc4cc(C(=O)N5CCC5)sc34)ccc2c1C(=O)O. The second-order valence-corrected chi connectivity index (χ2v) is 9.19. The molecular weight excluding hydrogens is 408 g/mol. The summed E-state index contributed by atoms with van der Waals surface area (Å²) in [4.78, 5) is 31.6. The van der Waals surface area contributed by atoms with Crippen molar-refractivity contribution in [2.24, 2.45) is 0 Å². The molecule has 29 heavy (non-hydrogen) atoms. The van der Waals surface area contributed by atoms with Gasteiger partial charge in [0.2, 0.25) is 0 Å². The molecule has 8 heteroatoms. The zero-order chi connectivity index (χ0) is 20.1. The molecule has 0 spiro atoms. The Morgan fingerprint density at radius 1 is 1.17 bits per heavy atom. The van der Waals surface area contributed by atoms with Crippen LogP contribution >= 0.6 is 22.7 Å². The molecule has 1 saturated heterocycles. The first-order valence-electron chi connectivity index (χ1n) is 9.13. The van der Waals surface area contributed by atoms with Gasteiger partial charge in [-0.25, -0.2) is 4.79 Å². The van der Waals surface area contributed by atoms with Gasteiger partial charge in [0.15, 0.2) is 0 Å². The second-order valence-electron chi connectivity index (χ2n) is 6.88. The maximum Gasteiger partial charge on any atom is 0.337 e. The van der Waals surface area contributed by atoms with E-state index in [0.717, 1.165) is 39.3 Å². The Balaban J connectivity index is 1.50. The van der Waals surface area contributed by atoms with Gasteiger partial charge in [0.1, 0.15) is 11.5 Å². The van der Waals surface area contributed by atoms with Gasteiger partial charge in [-0.2, -0.15) is 0 Å². The Morgan fingerprint density at radius 3 is 2.72 bits per heavy atom. The van der Waals surface area contributed by atoms with Crippen LogP contribution in [-0.4, -0.2) is 40.0 Å². The summed E-state index contributed by atoms with van der Waals surface area (Å²) >= 11 is 2.82. The van der Waals surface area contributed by atoms with E-state index in [4.69, 9.17) is 4.74 Å². The second kappa shape index (κ2) is 6.82. The number of hydrogen-bond donors (Lipinski definition) is 1. The molecule has 0 atom stereocenters. The van der Waals surface area contributed by atoms with Crippen molar-refractivity contribution < 1.29 is 19.4 Å². The molecule has 0 unspecified atom stereocenters. The van der Waals surface area contributed by atoms with Gasteiger partial charge in [-0.3, -0.25) is 9.78 Å². The van der Waals surface area contributed by atoms with Crippen molar-refractivity contribution in [3.8, 4) is 11.5 Å². The molecular formula is C21H16N2O4S2. The number of aromatic carboxylic acids is 1. The Kier molecular flexibility index (Phi) is 4.25. The molecule has 0 saturated carbocycles. The summed E-state index contributed by atoms with van der Waals surface area (Å²) in [6, 6.07) is 9.00. The van der Waals surface area contributed by atoms with Crippen LogP contribution in [0.3, 0.4) is 0 Å². The van der Waals surface area contributed by atoms with E-state index in [1.54, 1.807) is 24.4 Å². The van der Waals surface area contributed by atoms with Crippen molar-refractivity contribution in [3.63, 3.8) is 0 Å². The Labute approximate surface area is 174 Å². The van der Waals surface area contributed by atoms with Crippen LogP contribution in [0.4, 0.5) is 0 Å². The van der Waals surface area contributed by atoms with Crippen LogP contribution in [0.5, 0.6) is 11.5 Å². The van der Waals surface area contributed by atoms with Crippen LogP contribution in [0.15, 0.2) is 36.5 Å².